The van der Waals surface area contributed by atoms with Gasteiger partial charge in [0, 0.05) is 36.8 Å². The molecule has 2 aromatic rings. The van der Waals surface area contributed by atoms with Crippen LogP contribution in [0.5, 0.6) is 0 Å². The first-order valence-corrected chi connectivity index (χ1v) is 10.7. The van der Waals surface area contributed by atoms with E-state index in [1.807, 2.05) is 42.5 Å². The van der Waals surface area contributed by atoms with Gasteiger partial charge in [-0.2, -0.15) is 0 Å². The van der Waals surface area contributed by atoms with E-state index in [9.17, 15) is 9.59 Å². The minimum Gasteiger partial charge on any atom is -0.370 e. The van der Waals surface area contributed by atoms with Gasteiger partial charge in [0.15, 0.2) is 0 Å². The SMILES string of the molecule is O=C(CCC1Cc2ccccc2NC1=O)Nc1ccc(N2CCCCC2)c(Cl)c1. The van der Waals surface area contributed by atoms with Gasteiger partial charge in [-0.1, -0.05) is 29.8 Å². The van der Waals surface area contributed by atoms with Crippen LogP contribution in [0.1, 0.15) is 37.7 Å². The summed E-state index contributed by atoms with van der Waals surface area (Å²) in [6.45, 7) is 2.05. The quantitative estimate of drug-likeness (QED) is 0.738. The molecule has 5 nitrogen and oxygen atoms in total. The molecule has 2 aliphatic rings. The van der Waals surface area contributed by atoms with E-state index in [1.54, 1.807) is 0 Å². The fourth-order valence-electron chi connectivity index (χ4n) is 4.15. The highest BCUT2D eigenvalue weighted by Crippen LogP contribution is 2.31. The van der Waals surface area contributed by atoms with Crippen LogP contribution in [0.3, 0.4) is 0 Å². The van der Waals surface area contributed by atoms with Crippen LogP contribution in [0, 0.1) is 5.92 Å². The predicted octanol–water partition coefficient (Wildman–Crippen LogP) is 4.86. The molecule has 2 aromatic carbocycles. The number of nitrogens with one attached hydrogen (secondary N) is 2. The summed E-state index contributed by atoms with van der Waals surface area (Å²) >= 11 is 6.47. The number of halogens is 1. The highest BCUT2D eigenvalue weighted by atomic mass is 35.5. The van der Waals surface area contributed by atoms with Crippen LogP contribution in [0.25, 0.3) is 0 Å². The molecule has 2 N–H and O–H groups in total. The Morgan fingerprint density at radius 2 is 1.93 bits per heavy atom. The molecule has 2 heterocycles. The minimum atomic E-state index is -0.180. The third-order valence-electron chi connectivity index (χ3n) is 5.76. The molecule has 4 rings (SSSR count). The fraction of sp³-hybridized carbons (Fsp3) is 0.391. The van der Waals surface area contributed by atoms with Crippen LogP contribution in [0.2, 0.25) is 5.02 Å². The lowest BCUT2D eigenvalue weighted by Gasteiger charge is -2.29. The molecular formula is C23H26ClN3O2. The molecule has 0 aliphatic carbocycles. The molecule has 152 valence electrons. The summed E-state index contributed by atoms with van der Waals surface area (Å²) in [5.41, 5.74) is 3.72. The number of para-hydroxylation sites is 1. The first-order chi connectivity index (χ1) is 14.1. The van der Waals surface area contributed by atoms with E-state index in [0.717, 1.165) is 30.0 Å². The summed E-state index contributed by atoms with van der Waals surface area (Å²) in [6.07, 6.45) is 5.14. The highest BCUT2D eigenvalue weighted by Gasteiger charge is 2.26. The molecule has 0 radical (unpaired) electrons. The Labute approximate surface area is 176 Å². The van der Waals surface area contributed by atoms with Gasteiger partial charge in [0.05, 0.1) is 10.7 Å². The number of rotatable bonds is 5. The first kappa shape index (κ1) is 19.8. The van der Waals surface area contributed by atoms with Crippen molar-refractivity contribution in [1.29, 1.82) is 0 Å². The Bertz CT molecular complexity index is 909. The number of hydrogen-bond acceptors (Lipinski definition) is 3. The van der Waals surface area contributed by atoms with E-state index in [-0.39, 0.29) is 17.7 Å². The second-order valence-electron chi connectivity index (χ2n) is 7.85. The van der Waals surface area contributed by atoms with Gasteiger partial charge >= 0.3 is 0 Å². The third kappa shape index (κ3) is 4.73. The molecule has 0 saturated carbocycles. The van der Waals surface area contributed by atoms with Crippen molar-refractivity contribution in [3.05, 3.63) is 53.1 Å². The number of anilines is 3. The number of nitrogens with zero attached hydrogens (tertiary/aromatic N) is 1. The van der Waals surface area contributed by atoms with Gasteiger partial charge in [0.1, 0.15) is 0 Å². The predicted molar refractivity (Wildman–Crippen MR) is 118 cm³/mol. The monoisotopic (exact) mass is 411 g/mol. The molecule has 1 atom stereocenters. The zero-order valence-corrected chi connectivity index (χ0v) is 17.2. The average Bonchev–Trinajstić information content (AvgIpc) is 2.73. The second kappa shape index (κ2) is 8.87. The number of piperidine rings is 1. The summed E-state index contributed by atoms with van der Waals surface area (Å²) in [5.74, 6) is -0.287. The number of hydrogen-bond donors (Lipinski definition) is 2. The summed E-state index contributed by atoms with van der Waals surface area (Å²) in [4.78, 5) is 27.0. The first-order valence-electron chi connectivity index (χ1n) is 10.3. The van der Waals surface area contributed by atoms with Crippen molar-refractivity contribution >= 4 is 40.5 Å². The van der Waals surface area contributed by atoms with E-state index in [1.165, 1.54) is 19.3 Å². The lowest BCUT2D eigenvalue weighted by atomic mass is 9.89. The zero-order chi connectivity index (χ0) is 20.2. The highest BCUT2D eigenvalue weighted by molar-refractivity contribution is 6.33. The van der Waals surface area contributed by atoms with E-state index in [0.29, 0.717) is 30.0 Å². The molecule has 2 aliphatic heterocycles. The summed E-state index contributed by atoms with van der Waals surface area (Å²) < 4.78 is 0. The van der Waals surface area contributed by atoms with Gasteiger partial charge in [-0.15, -0.1) is 0 Å². The van der Waals surface area contributed by atoms with Crippen molar-refractivity contribution in [2.24, 2.45) is 5.92 Å². The standard InChI is InChI=1S/C23H26ClN3O2/c24-19-15-18(9-10-21(19)27-12-4-1-5-13-27)25-22(28)11-8-17-14-16-6-2-3-7-20(16)26-23(17)29/h2-3,6-7,9-10,15,17H,1,4-5,8,11-14H2,(H,25,28)(H,26,29). The van der Waals surface area contributed by atoms with Crippen LogP contribution < -0.4 is 15.5 Å². The Morgan fingerprint density at radius 1 is 1.14 bits per heavy atom. The van der Waals surface area contributed by atoms with Gasteiger partial charge in [-0.05, 0) is 61.9 Å². The maximum absolute atomic E-state index is 12.4. The minimum absolute atomic E-state index is 0.00886. The van der Waals surface area contributed by atoms with Crippen LogP contribution in [-0.2, 0) is 16.0 Å². The van der Waals surface area contributed by atoms with Gasteiger partial charge in [0.2, 0.25) is 11.8 Å². The lowest BCUT2D eigenvalue weighted by Crippen LogP contribution is -2.30. The van der Waals surface area contributed by atoms with Crippen LogP contribution in [0.15, 0.2) is 42.5 Å². The van der Waals surface area contributed by atoms with E-state index < -0.39 is 0 Å². The number of benzene rings is 2. The van der Waals surface area contributed by atoms with E-state index in [2.05, 4.69) is 15.5 Å². The molecule has 2 amide bonds. The van der Waals surface area contributed by atoms with Crippen LogP contribution >= 0.6 is 11.6 Å². The molecule has 0 bridgehead atoms. The normalized spacial score (nSPS) is 18.7. The van der Waals surface area contributed by atoms with Gasteiger partial charge in [-0.25, -0.2) is 0 Å². The molecule has 1 unspecified atom stereocenters. The van der Waals surface area contributed by atoms with Crippen molar-refractivity contribution in [3.8, 4) is 0 Å². The molecule has 1 fully saturated rings. The van der Waals surface area contributed by atoms with Crippen molar-refractivity contribution in [2.75, 3.05) is 28.6 Å². The largest absolute Gasteiger partial charge is 0.370 e. The second-order valence-corrected chi connectivity index (χ2v) is 8.26. The molecule has 6 heteroatoms. The number of carbonyl (C=O) groups is 2. The fourth-order valence-corrected chi connectivity index (χ4v) is 4.45. The summed E-state index contributed by atoms with van der Waals surface area (Å²) in [6, 6.07) is 13.5. The van der Waals surface area contributed by atoms with E-state index in [4.69, 9.17) is 11.6 Å². The van der Waals surface area contributed by atoms with Crippen LogP contribution in [-0.4, -0.2) is 24.9 Å². The number of carbonyl (C=O) groups excluding carboxylic acids is 2. The van der Waals surface area contributed by atoms with Gasteiger partial charge < -0.3 is 15.5 Å². The van der Waals surface area contributed by atoms with Gasteiger partial charge in [0.25, 0.3) is 0 Å². The molecule has 0 aromatic heterocycles. The Kier molecular flexibility index (Phi) is 6.05. The third-order valence-corrected chi connectivity index (χ3v) is 6.06. The molecular weight excluding hydrogens is 386 g/mol. The smallest absolute Gasteiger partial charge is 0.227 e. The van der Waals surface area contributed by atoms with E-state index >= 15 is 0 Å². The Hall–Kier alpha value is -2.53. The zero-order valence-electron chi connectivity index (χ0n) is 16.4. The maximum atomic E-state index is 12.4. The maximum Gasteiger partial charge on any atom is 0.227 e. The Balaban J connectivity index is 1.32. The number of fused-ring (bicyclic) bond motifs is 1. The summed E-state index contributed by atoms with van der Waals surface area (Å²) in [7, 11) is 0. The van der Waals surface area contributed by atoms with Crippen molar-refractivity contribution in [3.63, 3.8) is 0 Å². The lowest BCUT2D eigenvalue weighted by molar-refractivity contribution is -0.121. The summed E-state index contributed by atoms with van der Waals surface area (Å²) in [5, 5.41) is 6.51. The average molecular weight is 412 g/mol. The molecule has 1 saturated heterocycles. The topological polar surface area (TPSA) is 61.4 Å². The molecule has 29 heavy (non-hydrogen) atoms. The van der Waals surface area contributed by atoms with Crippen molar-refractivity contribution in [2.45, 2.75) is 38.5 Å². The van der Waals surface area contributed by atoms with Crippen molar-refractivity contribution < 1.29 is 9.59 Å². The molecule has 0 spiro atoms. The number of amides is 2. The van der Waals surface area contributed by atoms with Gasteiger partial charge in [-0.3, -0.25) is 9.59 Å². The Morgan fingerprint density at radius 3 is 2.72 bits per heavy atom. The van der Waals surface area contributed by atoms with Crippen molar-refractivity contribution in [1.82, 2.24) is 0 Å². The van der Waals surface area contributed by atoms with Crippen LogP contribution in [0.4, 0.5) is 17.1 Å².